The molecule has 2 aromatic rings. The number of aromatic nitrogens is 2. The minimum atomic E-state index is -1.13. The number of benzene rings is 1. The van der Waals surface area contributed by atoms with Gasteiger partial charge in [0.2, 0.25) is 0 Å². The van der Waals surface area contributed by atoms with E-state index >= 15 is 0 Å². The number of rotatable bonds is 2. The molecule has 0 aliphatic rings. The molecule has 0 aliphatic heterocycles. The highest BCUT2D eigenvalue weighted by atomic mass is 35.5. The van der Waals surface area contributed by atoms with E-state index in [0.29, 0.717) is 16.3 Å². The quantitative estimate of drug-likeness (QED) is 0.848. The van der Waals surface area contributed by atoms with Gasteiger partial charge in [0, 0.05) is 5.56 Å². The summed E-state index contributed by atoms with van der Waals surface area (Å²) < 4.78 is 13.0. The molecule has 6 heteroatoms. The highest BCUT2D eigenvalue weighted by Crippen LogP contribution is 2.27. The number of carbonyl (C=O) groups is 1. The minimum absolute atomic E-state index is 0.0738. The van der Waals surface area contributed by atoms with Crippen LogP contribution in [0.1, 0.15) is 10.5 Å². The van der Waals surface area contributed by atoms with E-state index in [0.717, 1.165) is 0 Å². The lowest BCUT2D eigenvalue weighted by atomic mass is 10.1. The van der Waals surface area contributed by atoms with Gasteiger partial charge in [0.15, 0.2) is 0 Å². The molecule has 0 radical (unpaired) electrons. The van der Waals surface area contributed by atoms with Crippen LogP contribution in [0.3, 0.4) is 0 Å². The van der Waals surface area contributed by atoms with E-state index < -0.39 is 11.8 Å². The van der Waals surface area contributed by atoms with Gasteiger partial charge in [-0.1, -0.05) is 11.6 Å². The van der Waals surface area contributed by atoms with Crippen LogP contribution in [-0.4, -0.2) is 21.3 Å². The molecule has 16 heavy (non-hydrogen) atoms. The van der Waals surface area contributed by atoms with Crippen LogP contribution in [-0.2, 0) is 0 Å². The van der Waals surface area contributed by atoms with Crippen LogP contribution in [0.2, 0.25) is 5.02 Å². The van der Waals surface area contributed by atoms with Crippen molar-refractivity contribution in [1.82, 2.24) is 10.2 Å². The van der Waals surface area contributed by atoms with Gasteiger partial charge in [-0.2, -0.15) is 5.10 Å². The van der Waals surface area contributed by atoms with Crippen molar-refractivity contribution in [2.75, 3.05) is 0 Å². The van der Waals surface area contributed by atoms with Gasteiger partial charge in [0.05, 0.1) is 10.7 Å². The number of nitrogens with zero attached hydrogens (tertiary/aromatic N) is 1. The third-order valence-electron chi connectivity index (χ3n) is 2.01. The maximum absolute atomic E-state index is 13.0. The summed E-state index contributed by atoms with van der Waals surface area (Å²) in [5, 5.41) is 15.1. The number of carboxylic acid groups (broad SMARTS) is 1. The average molecular weight is 241 g/mol. The Bertz CT molecular complexity index is 554. The normalized spacial score (nSPS) is 10.4. The number of halogens is 2. The Morgan fingerprint density at radius 2 is 2.19 bits per heavy atom. The number of hydrogen-bond acceptors (Lipinski definition) is 2. The fraction of sp³-hybridized carbons (Fsp3) is 0. The van der Waals surface area contributed by atoms with Gasteiger partial charge < -0.3 is 5.11 Å². The van der Waals surface area contributed by atoms with Crippen molar-refractivity contribution in [2.45, 2.75) is 0 Å². The number of H-pyrrole nitrogens is 1. The fourth-order valence-corrected chi connectivity index (χ4v) is 1.48. The second-order valence-electron chi connectivity index (χ2n) is 3.10. The second-order valence-corrected chi connectivity index (χ2v) is 3.50. The number of aromatic amines is 1. The summed E-state index contributed by atoms with van der Waals surface area (Å²) in [6.07, 6.45) is 0. The van der Waals surface area contributed by atoms with E-state index in [1.165, 1.54) is 24.3 Å². The standard InChI is InChI=1S/C10H6ClFN2O2/c11-7-2-1-5(12)3-6(7)8-4-9(10(15)16)14-13-8/h1-4H,(H,13,14)(H,15,16). The monoisotopic (exact) mass is 240 g/mol. The SMILES string of the molecule is O=C(O)c1cc(-c2cc(F)ccc2Cl)n[nH]1. The van der Waals surface area contributed by atoms with Crippen molar-refractivity contribution in [3.63, 3.8) is 0 Å². The van der Waals surface area contributed by atoms with Crippen LogP contribution >= 0.6 is 11.6 Å². The first-order chi connectivity index (χ1) is 7.58. The highest BCUT2D eigenvalue weighted by molar-refractivity contribution is 6.33. The molecule has 0 fully saturated rings. The van der Waals surface area contributed by atoms with E-state index in [1.54, 1.807) is 0 Å². The average Bonchev–Trinajstić information content (AvgIpc) is 2.70. The maximum Gasteiger partial charge on any atom is 0.353 e. The van der Waals surface area contributed by atoms with Crippen LogP contribution < -0.4 is 0 Å². The smallest absolute Gasteiger partial charge is 0.353 e. The summed E-state index contributed by atoms with van der Waals surface area (Å²) in [4.78, 5) is 10.6. The first kappa shape index (κ1) is 10.6. The fourth-order valence-electron chi connectivity index (χ4n) is 1.26. The van der Waals surface area contributed by atoms with Crippen molar-refractivity contribution in [3.8, 4) is 11.3 Å². The molecular weight excluding hydrogens is 235 g/mol. The van der Waals surface area contributed by atoms with Gasteiger partial charge in [-0.25, -0.2) is 9.18 Å². The van der Waals surface area contributed by atoms with Gasteiger partial charge in [-0.15, -0.1) is 0 Å². The molecule has 0 aliphatic carbocycles. The molecule has 0 bridgehead atoms. The number of aromatic carboxylic acids is 1. The van der Waals surface area contributed by atoms with Gasteiger partial charge >= 0.3 is 5.97 Å². The zero-order valence-corrected chi connectivity index (χ0v) is 8.62. The molecule has 0 spiro atoms. The van der Waals surface area contributed by atoms with Crippen molar-refractivity contribution < 1.29 is 14.3 Å². The molecule has 0 saturated carbocycles. The van der Waals surface area contributed by atoms with Gasteiger partial charge in [-0.3, -0.25) is 5.10 Å². The summed E-state index contributed by atoms with van der Waals surface area (Å²) in [6, 6.07) is 5.10. The molecule has 0 saturated heterocycles. The maximum atomic E-state index is 13.0. The van der Waals surface area contributed by atoms with Crippen LogP contribution in [0.4, 0.5) is 4.39 Å². The van der Waals surface area contributed by atoms with E-state index in [-0.39, 0.29) is 5.69 Å². The van der Waals surface area contributed by atoms with Crippen LogP contribution in [0, 0.1) is 5.82 Å². The number of hydrogen-bond donors (Lipinski definition) is 2. The van der Waals surface area contributed by atoms with E-state index in [1.807, 2.05) is 0 Å². The van der Waals surface area contributed by atoms with Gasteiger partial charge in [-0.05, 0) is 24.3 Å². The molecule has 4 nitrogen and oxygen atoms in total. The Kier molecular flexibility index (Phi) is 2.62. The van der Waals surface area contributed by atoms with E-state index in [9.17, 15) is 9.18 Å². The number of nitrogens with one attached hydrogen (secondary N) is 1. The molecule has 1 heterocycles. The van der Waals surface area contributed by atoms with Crippen molar-refractivity contribution in [3.05, 3.63) is 40.8 Å². The van der Waals surface area contributed by atoms with Gasteiger partial charge in [0.1, 0.15) is 11.5 Å². The Hall–Kier alpha value is -1.88. The van der Waals surface area contributed by atoms with Crippen LogP contribution in [0.5, 0.6) is 0 Å². The molecule has 0 unspecified atom stereocenters. The Balaban J connectivity index is 2.50. The lowest BCUT2D eigenvalue weighted by molar-refractivity contribution is 0.0690. The Morgan fingerprint density at radius 1 is 1.44 bits per heavy atom. The van der Waals surface area contributed by atoms with Crippen LogP contribution in [0.15, 0.2) is 24.3 Å². The third kappa shape index (κ3) is 1.90. The molecule has 1 aromatic heterocycles. The molecule has 0 atom stereocenters. The molecule has 2 rings (SSSR count). The zero-order chi connectivity index (χ0) is 11.7. The predicted molar refractivity (Wildman–Crippen MR) is 56.0 cm³/mol. The summed E-state index contributed by atoms with van der Waals surface area (Å²) >= 11 is 5.85. The molecule has 0 amide bonds. The topological polar surface area (TPSA) is 66.0 Å². The number of carboxylic acids is 1. The summed E-state index contributed by atoms with van der Waals surface area (Å²) in [6.45, 7) is 0. The zero-order valence-electron chi connectivity index (χ0n) is 7.87. The summed E-state index contributed by atoms with van der Waals surface area (Å²) in [5.41, 5.74) is 0.572. The first-order valence-corrected chi connectivity index (χ1v) is 4.70. The molecule has 1 aromatic carbocycles. The summed E-state index contributed by atoms with van der Waals surface area (Å²) in [7, 11) is 0. The Morgan fingerprint density at radius 3 is 2.81 bits per heavy atom. The molecular formula is C10H6ClFN2O2. The molecule has 82 valence electrons. The second kappa shape index (κ2) is 3.94. The highest BCUT2D eigenvalue weighted by Gasteiger charge is 2.12. The molecule has 2 N–H and O–H groups in total. The van der Waals surface area contributed by atoms with Crippen molar-refractivity contribution in [2.24, 2.45) is 0 Å². The third-order valence-corrected chi connectivity index (χ3v) is 2.34. The van der Waals surface area contributed by atoms with Crippen molar-refractivity contribution in [1.29, 1.82) is 0 Å². The van der Waals surface area contributed by atoms with Crippen LogP contribution in [0.25, 0.3) is 11.3 Å². The lowest BCUT2D eigenvalue weighted by Crippen LogP contribution is -1.95. The summed E-state index contributed by atoms with van der Waals surface area (Å²) in [5.74, 6) is -1.59. The predicted octanol–water partition coefficient (Wildman–Crippen LogP) is 2.57. The Labute approximate surface area is 94.7 Å². The van der Waals surface area contributed by atoms with E-state index in [2.05, 4.69) is 10.2 Å². The largest absolute Gasteiger partial charge is 0.477 e. The van der Waals surface area contributed by atoms with Gasteiger partial charge in [0.25, 0.3) is 0 Å². The first-order valence-electron chi connectivity index (χ1n) is 4.32. The van der Waals surface area contributed by atoms with Crippen molar-refractivity contribution >= 4 is 17.6 Å². The van der Waals surface area contributed by atoms with E-state index in [4.69, 9.17) is 16.7 Å². The minimum Gasteiger partial charge on any atom is -0.477 e. The lowest BCUT2D eigenvalue weighted by Gasteiger charge is -1.99.